The average Bonchev–Trinajstić information content (AvgIpc) is 2.83. The molecule has 0 aliphatic heterocycles. The standard InChI is InChI=1S/C20H24N2/c1-13-8-9-16(10-14(13)2)17(12-21)11-19-15(3)22-20-7-5-4-6-18(19)20/h4-10,17,22H,11-12,21H2,1-3H3. The zero-order valence-electron chi connectivity index (χ0n) is 13.6. The van der Waals surface area contributed by atoms with Crippen LogP contribution in [0.5, 0.6) is 0 Å². The summed E-state index contributed by atoms with van der Waals surface area (Å²) in [7, 11) is 0. The Kier molecular flexibility index (Phi) is 4.04. The minimum atomic E-state index is 0.359. The highest BCUT2D eigenvalue weighted by Crippen LogP contribution is 2.28. The molecular weight excluding hydrogens is 268 g/mol. The summed E-state index contributed by atoms with van der Waals surface area (Å²) in [6.07, 6.45) is 0.981. The van der Waals surface area contributed by atoms with Crippen molar-refractivity contribution in [2.75, 3.05) is 6.54 Å². The van der Waals surface area contributed by atoms with E-state index in [9.17, 15) is 0 Å². The molecule has 0 radical (unpaired) electrons. The number of hydrogen-bond acceptors (Lipinski definition) is 1. The van der Waals surface area contributed by atoms with Crippen molar-refractivity contribution in [3.05, 3.63) is 70.4 Å². The van der Waals surface area contributed by atoms with Crippen molar-refractivity contribution in [1.82, 2.24) is 4.98 Å². The van der Waals surface area contributed by atoms with E-state index in [0.29, 0.717) is 12.5 Å². The molecule has 3 aromatic rings. The molecule has 0 bridgehead atoms. The molecule has 1 aromatic heterocycles. The van der Waals surface area contributed by atoms with E-state index >= 15 is 0 Å². The number of H-pyrrole nitrogens is 1. The molecule has 3 rings (SSSR count). The summed E-state index contributed by atoms with van der Waals surface area (Å²) in [5, 5.41) is 1.32. The molecule has 0 aliphatic carbocycles. The van der Waals surface area contributed by atoms with Crippen molar-refractivity contribution in [2.45, 2.75) is 33.1 Å². The molecule has 0 spiro atoms. The van der Waals surface area contributed by atoms with Crippen molar-refractivity contribution < 1.29 is 0 Å². The van der Waals surface area contributed by atoms with E-state index in [1.807, 2.05) is 0 Å². The number of nitrogens with one attached hydrogen (secondary N) is 1. The second-order valence-corrected chi connectivity index (χ2v) is 6.25. The van der Waals surface area contributed by atoms with Crippen LogP contribution in [0.3, 0.4) is 0 Å². The molecule has 1 heterocycles. The Labute approximate surface area is 132 Å². The van der Waals surface area contributed by atoms with Crippen molar-refractivity contribution in [2.24, 2.45) is 5.73 Å². The van der Waals surface area contributed by atoms with Crippen LogP contribution in [0.1, 0.15) is 33.9 Å². The first kappa shape index (κ1) is 14.9. The van der Waals surface area contributed by atoms with Crippen LogP contribution in [-0.2, 0) is 6.42 Å². The summed E-state index contributed by atoms with van der Waals surface area (Å²) in [6.45, 7) is 7.15. The number of aromatic nitrogens is 1. The number of hydrogen-bond donors (Lipinski definition) is 2. The van der Waals surface area contributed by atoms with Gasteiger partial charge in [-0.25, -0.2) is 0 Å². The van der Waals surface area contributed by atoms with Crippen LogP contribution in [0.2, 0.25) is 0 Å². The average molecular weight is 292 g/mol. The smallest absolute Gasteiger partial charge is 0.0458 e. The first-order valence-electron chi connectivity index (χ1n) is 7.93. The van der Waals surface area contributed by atoms with Gasteiger partial charge in [0.2, 0.25) is 0 Å². The monoisotopic (exact) mass is 292 g/mol. The molecule has 1 atom stereocenters. The molecule has 2 heteroatoms. The Hall–Kier alpha value is -2.06. The van der Waals surface area contributed by atoms with Crippen LogP contribution < -0.4 is 5.73 Å². The summed E-state index contributed by atoms with van der Waals surface area (Å²) in [4.78, 5) is 3.49. The van der Waals surface area contributed by atoms with Crippen molar-refractivity contribution in [3.63, 3.8) is 0 Å². The van der Waals surface area contributed by atoms with Gasteiger partial charge in [-0.2, -0.15) is 0 Å². The summed E-state index contributed by atoms with van der Waals surface area (Å²) in [6, 6.07) is 15.2. The molecule has 1 unspecified atom stereocenters. The lowest BCUT2D eigenvalue weighted by molar-refractivity contribution is 0.693. The number of rotatable bonds is 4. The molecule has 3 N–H and O–H groups in total. The highest BCUT2D eigenvalue weighted by Gasteiger charge is 2.16. The van der Waals surface area contributed by atoms with E-state index in [4.69, 9.17) is 5.73 Å². The van der Waals surface area contributed by atoms with Gasteiger partial charge in [0.15, 0.2) is 0 Å². The normalized spacial score (nSPS) is 12.7. The number of aromatic amines is 1. The lowest BCUT2D eigenvalue weighted by atomic mass is 9.89. The van der Waals surface area contributed by atoms with Crippen molar-refractivity contribution >= 4 is 10.9 Å². The minimum absolute atomic E-state index is 0.359. The van der Waals surface area contributed by atoms with Gasteiger partial charge in [-0.1, -0.05) is 36.4 Å². The van der Waals surface area contributed by atoms with E-state index in [2.05, 4.69) is 68.2 Å². The minimum Gasteiger partial charge on any atom is -0.358 e. The molecule has 0 saturated carbocycles. The Bertz CT molecular complexity index is 799. The Morgan fingerprint density at radius 1 is 1.00 bits per heavy atom. The van der Waals surface area contributed by atoms with Crippen LogP contribution in [0.15, 0.2) is 42.5 Å². The lowest BCUT2D eigenvalue weighted by Gasteiger charge is -2.17. The maximum Gasteiger partial charge on any atom is 0.0458 e. The van der Waals surface area contributed by atoms with E-state index in [-0.39, 0.29) is 0 Å². The Morgan fingerprint density at radius 3 is 2.50 bits per heavy atom. The fourth-order valence-electron chi connectivity index (χ4n) is 3.20. The van der Waals surface area contributed by atoms with E-state index in [1.54, 1.807) is 0 Å². The highest BCUT2D eigenvalue weighted by atomic mass is 14.7. The van der Waals surface area contributed by atoms with Crippen LogP contribution in [0.4, 0.5) is 0 Å². The molecule has 114 valence electrons. The lowest BCUT2D eigenvalue weighted by Crippen LogP contribution is -2.15. The second kappa shape index (κ2) is 5.98. The van der Waals surface area contributed by atoms with Crippen LogP contribution >= 0.6 is 0 Å². The number of nitrogens with two attached hydrogens (primary N) is 1. The SMILES string of the molecule is Cc1ccc(C(CN)Cc2c(C)[nH]c3ccccc23)cc1C. The number of aryl methyl sites for hydroxylation is 3. The zero-order chi connectivity index (χ0) is 15.7. The third-order valence-corrected chi connectivity index (χ3v) is 4.76. The summed E-state index contributed by atoms with van der Waals surface area (Å²) < 4.78 is 0. The van der Waals surface area contributed by atoms with Gasteiger partial charge in [0.25, 0.3) is 0 Å². The van der Waals surface area contributed by atoms with Gasteiger partial charge in [-0.05, 0) is 62.1 Å². The van der Waals surface area contributed by atoms with Crippen molar-refractivity contribution in [3.8, 4) is 0 Å². The highest BCUT2D eigenvalue weighted by molar-refractivity contribution is 5.84. The number of fused-ring (bicyclic) bond motifs is 1. The molecule has 2 aromatic carbocycles. The van der Waals surface area contributed by atoms with Gasteiger partial charge < -0.3 is 10.7 Å². The first-order chi connectivity index (χ1) is 10.6. The predicted molar refractivity (Wildman–Crippen MR) is 94.5 cm³/mol. The van der Waals surface area contributed by atoms with Crippen LogP contribution in [-0.4, -0.2) is 11.5 Å². The predicted octanol–water partition coefficient (Wildman–Crippen LogP) is 4.38. The summed E-state index contributed by atoms with van der Waals surface area (Å²) in [5.41, 5.74) is 14.0. The van der Waals surface area contributed by atoms with E-state index in [1.165, 1.54) is 38.9 Å². The van der Waals surface area contributed by atoms with E-state index < -0.39 is 0 Å². The number of para-hydroxylation sites is 1. The first-order valence-corrected chi connectivity index (χ1v) is 7.93. The van der Waals surface area contributed by atoms with Crippen molar-refractivity contribution in [1.29, 1.82) is 0 Å². The quantitative estimate of drug-likeness (QED) is 0.736. The van der Waals surface area contributed by atoms with Crippen LogP contribution in [0.25, 0.3) is 10.9 Å². The van der Waals surface area contributed by atoms with Gasteiger partial charge in [0.1, 0.15) is 0 Å². The molecule has 2 nitrogen and oxygen atoms in total. The van der Waals surface area contributed by atoms with E-state index in [0.717, 1.165) is 6.42 Å². The van der Waals surface area contributed by atoms with Gasteiger partial charge >= 0.3 is 0 Å². The maximum atomic E-state index is 6.09. The van der Waals surface area contributed by atoms with Crippen LogP contribution in [0, 0.1) is 20.8 Å². The molecule has 0 amide bonds. The number of benzene rings is 2. The summed E-state index contributed by atoms with van der Waals surface area (Å²) >= 11 is 0. The van der Waals surface area contributed by atoms with Gasteiger partial charge in [0.05, 0.1) is 0 Å². The zero-order valence-corrected chi connectivity index (χ0v) is 13.6. The van der Waals surface area contributed by atoms with Gasteiger partial charge in [0, 0.05) is 22.5 Å². The molecular formula is C20H24N2. The summed E-state index contributed by atoms with van der Waals surface area (Å²) in [5.74, 6) is 0.359. The van der Waals surface area contributed by atoms with Gasteiger partial charge in [-0.15, -0.1) is 0 Å². The second-order valence-electron chi connectivity index (χ2n) is 6.25. The topological polar surface area (TPSA) is 41.8 Å². The Balaban J connectivity index is 1.97. The Morgan fingerprint density at radius 2 is 1.77 bits per heavy atom. The third kappa shape index (κ3) is 2.67. The maximum absolute atomic E-state index is 6.09. The molecule has 0 fully saturated rings. The van der Waals surface area contributed by atoms with Gasteiger partial charge in [-0.3, -0.25) is 0 Å². The molecule has 22 heavy (non-hydrogen) atoms. The largest absolute Gasteiger partial charge is 0.358 e. The fourth-order valence-corrected chi connectivity index (χ4v) is 3.20. The molecule has 0 aliphatic rings. The fraction of sp³-hybridized carbons (Fsp3) is 0.300. The molecule has 0 saturated heterocycles. The third-order valence-electron chi connectivity index (χ3n) is 4.76.